The van der Waals surface area contributed by atoms with Gasteiger partial charge in [-0.05, 0) is 44.9 Å². The van der Waals surface area contributed by atoms with Crippen LogP contribution in [-0.4, -0.2) is 25.7 Å². The first-order valence-electron chi connectivity index (χ1n) is 6.78. The van der Waals surface area contributed by atoms with E-state index in [0.717, 1.165) is 13.1 Å². The summed E-state index contributed by atoms with van der Waals surface area (Å²) >= 11 is 0. The molecule has 0 fully saturated rings. The second-order valence-corrected chi connectivity index (χ2v) is 5.14. The van der Waals surface area contributed by atoms with Crippen LogP contribution in [0.5, 0.6) is 0 Å². The van der Waals surface area contributed by atoms with E-state index < -0.39 is 0 Å². The Morgan fingerprint density at radius 1 is 1.41 bits per heavy atom. The third kappa shape index (κ3) is 3.01. The molecule has 0 spiro atoms. The monoisotopic (exact) mass is 232 g/mol. The highest BCUT2D eigenvalue weighted by molar-refractivity contribution is 5.56. The number of nitrogens with zero attached hydrogens (tertiary/aromatic N) is 1. The van der Waals surface area contributed by atoms with Crippen molar-refractivity contribution < 1.29 is 0 Å². The Balaban J connectivity index is 2.11. The van der Waals surface area contributed by atoms with E-state index in [1.165, 1.54) is 36.2 Å². The Kier molecular flexibility index (Phi) is 4.06. The molecule has 1 N–H and O–H groups in total. The van der Waals surface area contributed by atoms with E-state index in [-0.39, 0.29) is 0 Å². The van der Waals surface area contributed by atoms with Crippen molar-refractivity contribution in [3.8, 4) is 0 Å². The van der Waals surface area contributed by atoms with Crippen molar-refractivity contribution in [2.24, 2.45) is 0 Å². The Hall–Kier alpha value is -1.02. The first kappa shape index (κ1) is 12.4. The van der Waals surface area contributed by atoms with Crippen LogP contribution in [0.4, 0.5) is 5.69 Å². The molecule has 1 aliphatic rings. The minimum absolute atomic E-state index is 0.562. The molecule has 1 aromatic carbocycles. The van der Waals surface area contributed by atoms with Crippen LogP contribution in [0.15, 0.2) is 18.2 Å². The van der Waals surface area contributed by atoms with Crippen molar-refractivity contribution in [1.29, 1.82) is 0 Å². The lowest BCUT2D eigenvalue weighted by atomic mass is 9.99. The van der Waals surface area contributed by atoms with Crippen molar-refractivity contribution in [3.05, 3.63) is 29.3 Å². The molecule has 94 valence electrons. The van der Waals surface area contributed by atoms with E-state index in [1.807, 2.05) is 0 Å². The van der Waals surface area contributed by atoms with Crippen LogP contribution in [0.3, 0.4) is 0 Å². The lowest BCUT2D eigenvalue weighted by Crippen LogP contribution is -2.41. The molecule has 2 heteroatoms. The van der Waals surface area contributed by atoms with E-state index >= 15 is 0 Å². The van der Waals surface area contributed by atoms with Gasteiger partial charge in [0.2, 0.25) is 0 Å². The Bertz CT molecular complexity index is 373. The molecular weight excluding hydrogens is 208 g/mol. The zero-order valence-corrected chi connectivity index (χ0v) is 11.3. The predicted molar refractivity (Wildman–Crippen MR) is 74.9 cm³/mol. The van der Waals surface area contributed by atoms with Crippen molar-refractivity contribution in [1.82, 2.24) is 5.32 Å². The largest absolute Gasteiger partial charge is 0.370 e. The van der Waals surface area contributed by atoms with Gasteiger partial charge in [-0.1, -0.05) is 24.6 Å². The summed E-state index contributed by atoms with van der Waals surface area (Å²) in [6, 6.07) is 7.43. The van der Waals surface area contributed by atoms with Crippen LogP contribution in [0.1, 0.15) is 31.4 Å². The molecule has 0 aliphatic carbocycles. The fourth-order valence-corrected chi connectivity index (χ4v) is 2.74. The fourth-order valence-electron chi connectivity index (χ4n) is 2.74. The lowest BCUT2D eigenvalue weighted by molar-refractivity contribution is 0.539. The minimum Gasteiger partial charge on any atom is -0.370 e. The van der Waals surface area contributed by atoms with Crippen LogP contribution >= 0.6 is 0 Å². The first-order valence-corrected chi connectivity index (χ1v) is 6.78. The summed E-state index contributed by atoms with van der Waals surface area (Å²) in [5.41, 5.74) is 4.36. The minimum atomic E-state index is 0.562. The second kappa shape index (κ2) is 5.54. The maximum atomic E-state index is 3.49. The topological polar surface area (TPSA) is 15.3 Å². The van der Waals surface area contributed by atoms with Crippen LogP contribution in [-0.2, 0) is 6.42 Å². The Morgan fingerprint density at radius 3 is 3.00 bits per heavy atom. The molecule has 1 aliphatic heterocycles. The molecular formula is C15H24N2. The third-order valence-corrected chi connectivity index (χ3v) is 3.50. The van der Waals surface area contributed by atoms with Gasteiger partial charge in [0.1, 0.15) is 0 Å². The molecule has 0 amide bonds. The number of likely N-dealkylation sites (N-methyl/N-ethyl adjacent to an activating group) is 1. The second-order valence-electron chi connectivity index (χ2n) is 5.14. The van der Waals surface area contributed by atoms with Crippen molar-refractivity contribution in [2.45, 2.75) is 39.7 Å². The van der Waals surface area contributed by atoms with Gasteiger partial charge in [-0.3, -0.25) is 0 Å². The van der Waals surface area contributed by atoms with Crippen molar-refractivity contribution in [3.63, 3.8) is 0 Å². The van der Waals surface area contributed by atoms with Crippen molar-refractivity contribution in [2.75, 3.05) is 24.5 Å². The zero-order valence-electron chi connectivity index (χ0n) is 11.3. The number of aryl methyl sites for hydroxylation is 2. The van der Waals surface area contributed by atoms with Gasteiger partial charge in [-0.15, -0.1) is 0 Å². The van der Waals surface area contributed by atoms with Gasteiger partial charge in [0, 0.05) is 24.8 Å². The zero-order chi connectivity index (χ0) is 12.3. The number of rotatable bonds is 4. The summed E-state index contributed by atoms with van der Waals surface area (Å²) in [5, 5.41) is 3.49. The highest BCUT2D eigenvalue weighted by Gasteiger charge is 2.18. The summed E-state index contributed by atoms with van der Waals surface area (Å²) in [5.74, 6) is 0. The highest BCUT2D eigenvalue weighted by Crippen LogP contribution is 2.27. The van der Waals surface area contributed by atoms with E-state index in [9.17, 15) is 0 Å². The predicted octanol–water partition coefficient (Wildman–Crippen LogP) is 2.75. The fraction of sp³-hybridized carbons (Fsp3) is 0.600. The highest BCUT2D eigenvalue weighted by atomic mass is 15.2. The quantitative estimate of drug-likeness (QED) is 0.858. The SMILES string of the molecule is CCNC(C)CN1CCCc2cc(C)ccc21. The Morgan fingerprint density at radius 2 is 2.24 bits per heavy atom. The molecule has 0 radical (unpaired) electrons. The molecule has 17 heavy (non-hydrogen) atoms. The molecule has 1 unspecified atom stereocenters. The number of hydrogen-bond donors (Lipinski definition) is 1. The number of nitrogens with one attached hydrogen (secondary N) is 1. The first-order chi connectivity index (χ1) is 8.20. The molecule has 2 rings (SSSR count). The van der Waals surface area contributed by atoms with Crippen LogP contribution in [0.2, 0.25) is 0 Å². The smallest absolute Gasteiger partial charge is 0.0399 e. The summed E-state index contributed by atoms with van der Waals surface area (Å²) in [6.45, 7) is 9.99. The van der Waals surface area contributed by atoms with Crippen molar-refractivity contribution >= 4 is 5.69 Å². The number of anilines is 1. The summed E-state index contributed by atoms with van der Waals surface area (Å²) in [4.78, 5) is 2.53. The summed E-state index contributed by atoms with van der Waals surface area (Å²) in [6.07, 6.45) is 2.53. The molecule has 0 bridgehead atoms. The van der Waals surface area contributed by atoms with E-state index in [0.29, 0.717) is 6.04 Å². The van der Waals surface area contributed by atoms with E-state index in [4.69, 9.17) is 0 Å². The van der Waals surface area contributed by atoms with Gasteiger partial charge in [-0.25, -0.2) is 0 Å². The van der Waals surface area contributed by atoms with Crippen LogP contribution < -0.4 is 10.2 Å². The number of fused-ring (bicyclic) bond motifs is 1. The third-order valence-electron chi connectivity index (χ3n) is 3.50. The summed E-state index contributed by atoms with van der Waals surface area (Å²) < 4.78 is 0. The number of hydrogen-bond acceptors (Lipinski definition) is 2. The molecule has 1 aromatic rings. The molecule has 0 saturated carbocycles. The molecule has 0 aromatic heterocycles. The van der Waals surface area contributed by atoms with Gasteiger partial charge < -0.3 is 10.2 Å². The molecule has 0 saturated heterocycles. The maximum Gasteiger partial charge on any atom is 0.0399 e. The van der Waals surface area contributed by atoms with E-state index in [1.54, 1.807) is 0 Å². The van der Waals surface area contributed by atoms with E-state index in [2.05, 4.69) is 49.2 Å². The molecule has 2 nitrogen and oxygen atoms in total. The van der Waals surface area contributed by atoms with Gasteiger partial charge in [0.05, 0.1) is 0 Å². The van der Waals surface area contributed by atoms with Crippen LogP contribution in [0, 0.1) is 6.92 Å². The van der Waals surface area contributed by atoms with Gasteiger partial charge in [0.15, 0.2) is 0 Å². The van der Waals surface area contributed by atoms with Gasteiger partial charge in [-0.2, -0.15) is 0 Å². The lowest BCUT2D eigenvalue weighted by Gasteiger charge is -2.33. The average Bonchev–Trinajstić information content (AvgIpc) is 2.29. The summed E-state index contributed by atoms with van der Waals surface area (Å²) in [7, 11) is 0. The molecule has 1 heterocycles. The van der Waals surface area contributed by atoms with Gasteiger partial charge in [0.25, 0.3) is 0 Å². The molecule has 1 atom stereocenters. The number of benzene rings is 1. The van der Waals surface area contributed by atoms with Gasteiger partial charge >= 0.3 is 0 Å². The average molecular weight is 232 g/mol. The normalized spacial score (nSPS) is 16.8. The standard InChI is InChI=1S/C15H24N2/c1-4-16-13(3)11-17-9-5-6-14-10-12(2)7-8-15(14)17/h7-8,10,13,16H,4-6,9,11H2,1-3H3. The van der Waals surface area contributed by atoms with Crippen LogP contribution in [0.25, 0.3) is 0 Å². The maximum absolute atomic E-state index is 3.49. The Labute approximate surface area is 105 Å².